The zero-order valence-corrected chi connectivity index (χ0v) is 13.0. The average Bonchev–Trinajstić information content (AvgIpc) is 2.50. The predicted octanol–water partition coefficient (Wildman–Crippen LogP) is 3.08. The molecule has 1 aromatic carbocycles. The molecule has 0 aliphatic rings. The van der Waals surface area contributed by atoms with Gasteiger partial charge in [0.05, 0.1) is 18.7 Å². The fraction of sp³-hybridized carbons (Fsp3) is 0.312. The largest absolute Gasteiger partial charge is 0.493 e. The third-order valence-electron chi connectivity index (χ3n) is 3.00. The molecule has 1 N–H and O–H groups in total. The fourth-order valence-corrected chi connectivity index (χ4v) is 2.31. The van der Waals surface area contributed by atoms with Crippen molar-refractivity contribution in [2.24, 2.45) is 0 Å². The van der Waals surface area contributed by atoms with Crippen LogP contribution in [-0.4, -0.2) is 25.7 Å². The highest BCUT2D eigenvalue weighted by Crippen LogP contribution is 2.36. The van der Waals surface area contributed by atoms with Crippen LogP contribution in [0.2, 0.25) is 5.02 Å². The van der Waals surface area contributed by atoms with Crippen LogP contribution in [0.1, 0.15) is 11.3 Å². The van der Waals surface area contributed by atoms with Crippen LogP contribution in [0.4, 0.5) is 0 Å². The number of benzene rings is 1. The van der Waals surface area contributed by atoms with Crippen LogP contribution >= 0.6 is 11.6 Å². The Morgan fingerprint density at radius 2 is 2.14 bits per heavy atom. The van der Waals surface area contributed by atoms with Crippen molar-refractivity contribution in [3.63, 3.8) is 0 Å². The van der Waals surface area contributed by atoms with Gasteiger partial charge in [0, 0.05) is 24.9 Å². The van der Waals surface area contributed by atoms with E-state index in [2.05, 4.69) is 10.3 Å². The van der Waals surface area contributed by atoms with Crippen LogP contribution < -0.4 is 14.8 Å². The average molecular weight is 307 g/mol. The molecule has 0 saturated carbocycles. The summed E-state index contributed by atoms with van der Waals surface area (Å²) < 4.78 is 11.1. The maximum atomic E-state index is 6.28. The number of hydrogen-bond acceptors (Lipinski definition) is 4. The summed E-state index contributed by atoms with van der Waals surface area (Å²) in [5, 5.41) is 3.64. The van der Waals surface area contributed by atoms with Gasteiger partial charge in [0.1, 0.15) is 0 Å². The van der Waals surface area contributed by atoms with Crippen molar-refractivity contribution in [1.29, 1.82) is 0 Å². The molecule has 2 rings (SSSR count). The van der Waals surface area contributed by atoms with Gasteiger partial charge in [-0.05, 0) is 36.9 Å². The lowest BCUT2D eigenvalue weighted by molar-refractivity contribution is 0.296. The molecular formula is C16H19ClN2O2. The summed E-state index contributed by atoms with van der Waals surface area (Å²) in [6, 6.07) is 9.64. The van der Waals surface area contributed by atoms with Crippen LogP contribution in [0.15, 0.2) is 36.5 Å². The molecule has 21 heavy (non-hydrogen) atoms. The highest BCUT2D eigenvalue weighted by Gasteiger charge is 2.12. The van der Waals surface area contributed by atoms with Gasteiger partial charge < -0.3 is 14.8 Å². The second-order valence-electron chi connectivity index (χ2n) is 4.56. The van der Waals surface area contributed by atoms with Gasteiger partial charge in [-0.1, -0.05) is 17.7 Å². The molecule has 2 aromatic rings. The van der Waals surface area contributed by atoms with Crippen LogP contribution in [0.3, 0.4) is 0 Å². The minimum Gasteiger partial charge on any atom is -0.493 e. The molecule has 112 valence electrons. The number of methoxy groups -OCH3 is 1. The molecule has 1 aromatic heterocycles. The summed E-state index contributed by atoms with van der Waals surface area (Å²) in [5.74, 6) is 1.23. The molecule has 0 atom stereocenters. The maximum Gasteiger partial charge on any atom is 0.179 e. The van der Waals surface area contributed by atoms with Gasteiger partial charge in [-0.15, -0.1) is 0 Å². The van der Waals surface area contributed by atoms with E-state index in [1.807, 2.05) is 37.4 Å². The Balaban J connectivity index is 2.05. The third kappa shape index (κ3) is 4.34. The second kappa shape index (κ2) is 7.86. The Kier molecular flexibility index (Phi) is 5.84. The van der Waals surface area contributed by atoms with Crippen molar-refractivity contribution in [2.75, 3.05) is 20.8 Å². The van der Waals surface area contributed by atoms with E-state index in [9.17, 15) is 0 Å². The molecule has 0 aliphatic carbocycles. The Bertz CT molecular complexity index is 576. The van der Waals surface area contributed by atoms with Crippen molar-refractivity contribution in [2.45, 2.75) is 13.0 Å². The van der Waals surface area contributed by atoms with Gasteiger partial charge in [-0.25, -0.2) is 0 Å². The van der Waals surface area contributed by atoms with E-state index < -0.39 is 0 Å². The summed E-state index contributed by atoms with van der Waals surface area (Å²) in [4.78, 5) is 4.26. The number of pyridine rings is 1. The zero-order valence-electron chi connectivity index (χ0n) is 12.2. The van der Waals surface area contributed by atoms with Gasteiger partial charge in [0.15, 0.2) is 11.5 Å². The van der Waals surface area contributed by atoms with Crippen LogP contribution in [-0.2, 0) is 13.0 Å². The van der Waals surface area contributed by atoms with Gasteiger partial charge in [-0.3, -0.25) is 4.98 Å². The summed E-state index contributed by atoms with van der Waals surface area (Å²) in [6.45, 7) is 1.22. The molecule has 0 saturated heterocycles. The van der Waals surface area contributed by atoms with Crippen molar-refractivity contribution in [1.82, 2.24) is 10.3 Å². The zero-order chi connectivity index (χ0) is 15.1. The van der Waals surface area contributed by atoms with Crippen LogP contribution in [0.5, 0.6) is 11.5 Å². The first-order valence-corrected chi connectivity index (χ1v) is 7.16. The van der Waals surface area contributed by atoms with Gasteiger partial charge >= 0.3 is 0 Å². The Morgan fingerprint density at radius 3 is 2.81 bits per heavy atom. The summed E-state index contributed by atoms with van der Waals surface area (Å²) in [5.41, 5.74) is 2.04. The molecule has 0 unspecified atom stereocenters. The topological polar surface area (TPSA) is 43.4 Å². The SMILES string of the molecule is CNCc1cc(Cl)c(OCCc2ccccn2)c(OC)c1. The van der Waals surface area contributed by atoms with E-state index in [4.69, 9.17) is 21.1 Å². The number of nitrogens with one attached hydrogen (secondary N) is 1. The van der Waals surface area contributed by atoms with Gasteiger partial charge in [0.25, 0.3) is 0 Å². The lowest BCUT2D eigenvalue weighted by atomic mass is 10.2. The fourth-order valence-electron chi connectivity index (χ4n) is 2.02. The highest BCUT2D eigenvalue weighted by molar-refractivity contribution is 6.32. The number of rotatable bonds is 7. The third-order valence-corrected chi connectivity index (χ3v) is 3.28. The van der Waals surface area contributed by atoms with E-state index in [-0.39, 0.29) is 0 Å². The molecule has 5 heteroatoms. The van der Waals surface area contributed by atoms with Crippen molar-refractivity contribution < 1.29 is 9.47 Å². The first kappa shape index (κ1) is 15.6. The van der Waals surface area contributed by atoms with Crippen molar-refractivity contribution in [3.8, 4) is 11.5 Å². The normalized spacial score (nSPS) is 10.4. The molecule has 0 bridgehead atoms. The summed E-state index contributed by atoms with van der Waals surface area (Å²) in [6.07, 6.45) is 2.49. The molecule has 0 aliphatic heterocycles. The van der Waals surface area contributed by atoms with E-state index in [1.54, 1.807) is 13.3 Å². The van der Waals surface area contributed by atoms with Crippen molar-refractivity contribution >= 4 is 11.6 Å². The first-order chi connectivity index (χ1) is 10.2. The second-order valence-corrected chi connectivity index (χ2v) is 4.97. The monoisotopic (exact) mass is 306 g/mol. The number of aromatic nitrogens is 1. The van der Waals surface area contributed by atoms with E-state index in [0.717, 1.165) is 24.2 Å². The molecule has 0 radical (unpaired) electrons. The molecule has 0 amide bonds. The van der Waals surface area contributed by atoms with Crippen LogP contribution in [0.25, 0.3) is 0 Å². The van der Waals surface area contributed by atoms with Crippen molar-refractivity contribution in [3.05, 3.63) is 52.8 Å². The molecule has 1 heterocycles. The maximum absolute atomic E-state index is 6.28. The number of nitrogens with zero attached hydrogens (tertiary/aromatic N) is 1. The van der Waals surface area contributed by atoms with E-state index in [0.29, 0.717) is 23.1 Å². The molecule has 4 nitrogen and oxygen atoms in total. The number of hydrogen-bond donors (Lipinski definition) is 1. The Labute approximate surface area is 130 Å². The first-order valence-electron chi connectivity index (χ1n) is 6.78. The molecule has 0 spiro atoms. The standard InChI is InChI=1S/C16H19ClN2O2/c1-18-11-12-9-14(17)16(15(10-12)20-2)21-8-6-13-5-3-4-7-19-13/h3-5,7,9-10,18H,6,8,11H2,1-2H3. The highest BCUT2D eigenvalue weighted by atomic mass is 35.5. The van der Waals surface area contributed by atoms with E-state index >= 15 is 0 Å². The Hall–Kier alpha value is -1.78. The lowest BCUT2D eigenvalue weighted by Crippen LogP contribution is -2.07. The van der Waals surface area contributed by atoms with E-state index in [1.165, 1.54) is 0 Å². The quantitative estimate of drug-likeness (QED) is 0.853. The summed E-state index contributed by atoms with van der Waals surface area (Å²) in [7, 11) is 3.50. The predicted molar refractivity (Wildman–Crippen MR) is 84.2 cm³/mol. The Morgan fingerprint density at radius 1 is 1.29 bits per heavy atom. The smallest absolute Gasteiger partial charge is 0.179 e. The van der Waals surface area contributed by atoms with Crippen LogP contribution in [0, 0.1) is 0 Å². The van der Waals surface area contributed by atoms with Gasteiger partial charge in [-0.2, -0.15) is 0 Å². The summed E-state index contributed by atoms with van der Waals surface area (Å²) >= 11 is 6.28. The molecule has 0 fully saturated rings. The lowest BCUT2D eigenvalue weighted by Gasteiger charge is -2.14. The minimum atomic E-state index is 0.498. The minimum absolute atomic E-state index is 0.498. The number of ether oxygens (including phenoxy) is 2. The number of halogens is 1. The van der Waals surface area contributed by atoms with Gasteiger partial charge in [0.2, 0.25) is 0 Å². The molecular weight excluding hydrogens is 288 g/mol.